The summed E-state index contributed by atoms with van der Waals surface area (Å²) in [6.07, 6.45) is 2.01. The smallest absolute Gasteiger partial charge is 0.280 e. The average molecular weight is 355 g/mol. The van der Waals surface area contributed by atoms with Gasteiger partial charge in [-0.15, -0.1) is 21.5 Å². The SMILES string of the molecule is CC(=O)C1CC(c2cc(-c3nncn3C)cs2)NS(=O)(=O)N1C. The Bertz CT molecular complexity index is 841. The molecular weight excluding hydrogens is 338 g/mol. The maximum absolute atomic E-state index is 12.2. The van der Waals surface area contributed by atoms with Crippen LogP contribution in [0.1, 0.15) is 24.3 Å². The third kappa shape index (κ3) is 2.94. The summed E-state index contributed by atoms with van der Waals surface area (Å²) >= 11 is 1.44. The molecule has 124 valence electrons. The standard InChI is InChI=1S/C13H17N5O3S2/c1-8(19)11-5-10(16-23(20,21)18(11)3)12-4-9(6-22-12)13-15-14-7-17(13)2/h4,6-7,10-11,16H,5H2,1-3H3. The van der Waals surface area contributed by atoms with Gasteiger partial charge in [0.25, 0.3) is 10.2 Å². The van der Waals surface area contributed by atoms with Crippen molar-refractivity contribution in [3.63, 3.8) is 0 Å². The summed E-state index contributed by atoms with van der Waals surface area (Å²) in [4.78, 5) is 12.6. The van der Waals surface area contributed by atoms with E-state index in [9.17, 15) is 13.2 Å². The van der Waals surface area contributed by atoms with Crippen LogP contribution in [-0.2, 0) is 22.1 Å². The van der Waals surface area contributed by atoms with Gasteiger partial charge in [0.2, 0.25) is 0 Å². The lowest BCUT2D eigenvalue weighted by Gasteiger charge is -2.35. The maximum Gasteiger partial charge on any atom is 0.280 e. The number of carbonyl (C=O) groups excluding carboxylic acids is 1. The molecule has 3 rings (SSSR count). The van der Waals surface area contributed by atoms with Crippen molar-refractivity contribution < 1.29 is 13.2 Å². The highest BCUT2D eigenvalue weighted by Crippen LogP contribution is 2.34. The van der Waals surface area contributed by atoms with E-state index in [4.69, 9.17) is 0 Å². The second-order valence-electron chi connectivity index (χ2n) is 5.56. The van der Waals surface area contributed by atoms with Gasteiger partial charge in [-0.05, 0) is 19.4 Å². The normalized spacial score (nSPS) is 24.7. The van der Waals surface area contributed by atoms with Crippen LogP contribution in [0.25, 0.3) is 11.4 Å². The summed E-state index contributed by atoms with van der Waals surface area (Å²) in [6, 6.07) is 0.827. The van der Waals surface area contributed by atoms with E-state index in [2.05, 4.69) is 14.9 Å². The zero-order valence-corrected chi connectivity index (χ0v) is 14.6. The minimum atomic E-state index is -3.67. The quantitative estimate of drug-likeness (QED) is 0.875. The molecule has 1 saturated heterocycles. The highest BCUT2D eigenvalue weighted by atomic mass is 32.2. The number of rotatable bonds is 3. The zero-order valence-electron chi connectivity index (χ0n) is 12.9. The molecule has 1 fully saturated rings. The summed E-state index contributed by atoms with van der Waals surface area (Å²) < 4.78 is 29.9. The molecule has 0 spiro atoms. The summed E-state index contributed by atoms with van der Waals surface area (Å²) in [5.41, 5.74) is 0.877. The summed E-state index contributed by atoms with van der Waals surface area (Å²) in [6.45, 7) is 1.42. The number of nitrogens with one attached hydrogen (secondary N) is 1. The second-order valence-corrected chi connectivity index (χ2v) is 8.26. The fourth-order valence-corrected chi connectivity index (χ4v) is 4.99. The molecule has 0 aliphatic carbocycles. The fraction of sp³-hybridized carbons (Fsp3) is 0.462. The Hall–Kier alpha value is -1.62. The molecule has 23 heavy (non-hydrogen) atoms. The van der Waals surface area contributed by atoms with Gasteiger partial charge in [0.1, 0.15) is 12.1 Å². The molecule has 2 atom stereocenters. The Morgan fingerprint density at radius 3 is 2.78 bits per heavy atom. The summed E-state index contributed by atoms with van der Waals surface area (Å²) in [5, 5.41) is 9.80. The number of hydrogen-bond acceptors (Lipinski definition) is 6. The van der Waals surface area contributed by atoms with Gasteiger partial charge in [0, 0.05) is 29.9 Å². The van der Waals surface area contributed by atoms with Crippen LogP contribution < -0.4 is 4.72 Å². The van der Waals surface area contributed by atoms with Gasteiger partial charge in [-0.2, -0.15) is 17.4 Å². The molecule has 0 aromatic carbocycles. The molecule has 3 heterocycles. The lowest BCUT2D eigenvalue weighted by atomic mass is 10.0. The van der Waals surface area contributed by atoms with Crippen LogP contribution in [0.2, 0.25) is 0 Å². The van der Waals surface area contributed by atoms with Crippen LogP contribution in [0, 0.1) is 0 Å². The van der Waals surface area contributed by atoms with Gasteiger partial charge in [-0.25, -0.2) is 0 Å². The molecule has 2 aromatic rings. The van der Waals surface area contributed by atoms with Crippen molar-refractivity contribution in [1.82, 2.24) is 23.8 Å². The van der Waals surface area contributed by atoms with Crippen molar-refractivity contribution in [3.8, 4) is 11.4 Å². The monoisotopic (exact) mass is 355 g/mol. The first-order chi connectivity index (χ1) is 10.8. The number of likely N-dealkylation sites (N-methyl/N-ethyl adjacent to an activating group) is 1. The molecule has 2 unspecified atom stereocenters. The number of Topliss-reactive ketones (excluding diaryl/α,β-unsaturated/α-hetero) is 1. The Kier molecular flexibility index (Phi) is 4.08. The number of aromatic nitrogens is 3. The van der Waals surface area contributed by atoms with Crippen LogP contribution in [0.3, 0.4) is 0 Å². The second kappa shape index (κ2) is 5.78. The van der Waals surface area contributed by atoms with E-state index in [1.54, 1.807) is 10.9 Å². The molecular formula is C13H17N5O3S2. The molecule has 1 N–H and O–H groups in total. The van der Waals surface area contributed by atoms with Crippen LogP contribution in [0.4, 0.5) is 0 Å². The third-order valence-electron chi connectivity index (χ3n) is 3.97. The highest BCUT2D eigenvalue weighted by molar-refractivity contribution is 7.87. The van der Waals surface area contributed by atoms with Gasteiger partial charge in [0.05, 0.1) is 12.1 Å². The number of hydrogen-bond donors (Lipinski definition) is 1. The van der Waals surface area contributed by atoms with E-state index in [1.165, 1.54) is 25.3 Å². The van der Waals surface area contributed by atoms with Crippen molar-refractivity contribution >= 4 is 27.3 Å². The Morgan fingerprint density at radius 1 is 1.43 bits per heavy atom. The first-order valence-corrected chi connectivity index (χ1v) is 9.30. The summed E-state index contributed by atoms with van der Waals surface area (Å²) in [7, 11) is -0.405. The van der Waals surface area contributed by atoms with Gasteiger partial charge < -0.3 is 4.57 Å². The highest BCUT2D eigenvalue weighted by Gasteiger charge is 2.39. The number of thiophene rings is 1. The Balaban J connectivity index is 1.92. The van der Waals surface area contributed by atoms with Gasteiger partial charge in [-0.3, -0.25) is 4.79 Å². The number of aryl methyl sites for hydroxylation is 1. The van der Waals surface area contributed by atoms with E-state index in [0.717, 1.165) is 14.7 Å². The Labute approximate surface area is 138 Å². The molecule has 8 nitrogen and oxygen atoms in total. The van der Waals surface area contributed by atoms with Crippen LogP contribution in [0.15, 0.2) is 17.8 Å². The molecule has 0 amide bonds. The van der Waals surface area contributed by atoms with Crippen LogP contribution in [-0.4, -0.2) is 46.4 Å². The first kappa shape index (κ1) is 16.2. The Morgan fingerprint density at radius 2 is 2.17 bits per heavy atom. The van der Waals surface area contributed by atoms with Gasteiger partial charge >= 0.3 is 0 Å². The first-order valence-electron chi connectivity index (χ1n) is 6.98. The van der Waals surface area contributed by atoms with Crippen molar-refractivity contribution in [2.75, 3.05) is 7.05 Å². The van der Waals surface area contributed by atoms with Crippen molar-refractivity contribution in [3.05, 3.63) is 22.7 Å². The van der Waals surface area contributed by atoms with E-state index in [0.29, 0.717) is 12.2 Å². The topological polar surface area (TPSA) is 97.2 Å². The fourth-order valence-electron chi connectivity index (χ4n) is 2.64. The molecule has 1 aliphatic heterocycles. The largest absolute Gasteiger partial charge is 0.317 e. The maximum atomic E-state index is 12.2. The summed E-state index contributed by atoms with van der Waals surface area (Å²) in [5.74, 6) is 0.555. The molecule has 0 radical (unpaired) electrons. The zero-order chi connectivity index (χ0) is 16.8. The predicted molar refractivity (Wildman–Crippen MR) is 86.0 cm³/mol. The number of carbonyl (C=O) groups is 1. The lowest BCUT2D eigenvalue weighted by molar-refractivity contribution is -0.121. The van der Waals surface area contributed by atoms with Crippen LogP contribution in [0.5, 0.6) is 0 Å². The molecule has 10 heteroatoms. The average Bonchev–Trinajstić information content (AvgIpc) is 3.09. The number of ketones is 1. The predicted octanol–water partition coefficient (Wildman–Crippen LogP) is 0.712. The third-order valence-corrected chi connectivity index (χ3v) is 6.61. The van der Waals surface area contributed by atoms with Gasteiger partial charge in [-0.1, -0.05) is 0 Å². The van der Waals surface area contributed by atoms with Gasteiger partial charge in [0.15, 0.2) is 5.82 Å². The number of nitrogens with zero attached hydrogens (tertiary/aromatic N) is 4. The van der Waals surface area contributed by atoms with Crippen molar-refractivity contribution in [2.24, 2.45) is 7.05 Å². The van der Waals surface area contributed by atoms with E-state index in [1.807, 2.05) is 18.5 Å². The molecule has 0 bridgehead atoms. The van der Waals surface area contributed by atoms with E-state index in [-0.39, 0.29) is 5.78 Å². The van der Waals surface area contributed by atoms with E-state index < -0.39 is 22.3 Å². The van der Waals surface area contributed by atoms with Crippen molar-refractivity contribution in [2.45, 2.75) is 25.4 Å². The lowest BCUT2D eigenvalue weighted by Crippen LogP contribution is -2.54. The molecule has 1 aliphatic rings. The molecule has 0 saturated carbocycles. The van der Waals surface area contributed by atoms with Crippen molar-refractivity contribution in [1.29, 1.82) is 0 Å². The van der Waals surface area contributed by atoms with E-state index >= 15 is 0 Å². The molecule has 2 aromatic heterocycles. The minimum absolute atomic E-state index is 0.160. The van der Waals surface area contributed by atoms with Crippen LogP contribution >= 0.6 is 11.3 Å². The minimum Gasteiger partial charge on any atom is -0.317 e.